The molecule has 0 radical (unpaired) electrons. The van der Waals surface area contributed by atoms with Gasteiger partial charge in [0, 0.05) is 19.1 Å². The molecule has 104 valence electrons. The van der Waals surface area contributed by atoms with E-state index >= 15 is 0 Å². The third kappa shape index (κ3) is 3.23. The van der Waals surface area contributed by atoms with Gasteiger partial charge in [-0.1, -0.05) is 13.8 Å². The smallest absolute Gasteiger partial charge is 0.322 e. The van der Waals surface area contributed by atoms with Gasteiger partial charge in [0.05, 0.1) is 0 Å². The molecule has 18 heavy (non-hydrogen) atoms. The molecule has 1 aliphatic heterocycles. The van der Waals surface area contributed by atoms with Gasteiger partial charge in [-0.2, -0.15) is 0 Å². The number of nitrogens with zero attached hydrogens (tertiary/aromatic N) is 1. The predicted molar refractivity (Wildman–Crippen MR) is 71.7 cm³/mol. The maximum Gasteiger partial charge on any atom is 0.322 e. The minimum Gasteiger partial charge on any atom is -0.480 e. The third-order valence-corrected chi connectivity index (χ3v) is 4.77. The van der Waals surface area contributed by atoms with Crippen LogP contribution in [0.2, 0.25) is 0 Å². The summed E-state index contributed by atoms with van der Waals surface area (Å²) < 4.78 is 0. The molecule has 1 saturated carbocycles. The van der Waals surface area contributed by atoms with E-state index in [1.807, 2.05) is 0 Å². The Hall–Kier alpha value is -0.610. The van der Waals surface area contributed by atoms with E-state index in [0.29, 0.717) is 18.0 Å². The Morgan fingerprint density at radius 3 is 2.56 bits per heavy atom. The molecule has 1 saturated heterocycles. The quantitative estimate of drug-likeness (QED) is 0.726. The summed E-state index contributed by atoms with van der Waals surface area (Å²) in [6.07, 6.45) is 5.90. The molecule has 4 nitrogen and oxygen atoms in total. The van der Waals surface area contributed by atoms with Crippen LogP contribution in [0, 0.1) is 5.41 Å². The Kier molecular flexibility index (Phi) is 4.28. The van der Waals surface area contributed by atoms with Gasteiger partial charge in [-0.25, -0.2) is 0 Å². The molecular formula is C14H26N2O2. The number of aliphatic carboxylic acids is 1. The van der Waals surface area contributed by atoms with Crippen molar-refractivity contribution in [2.45, 2.75) is 58.0 Å². The number of carbonyl (C=O) groups is 1. The molecule has 0 aromatic carbocycles. The molecule has 2 fully saturated rings. The number of rotatable bonds is 7. The number of hydrogen-bond acceptors (Lipinski definition) is 3. The molecule has 4 heteroatoms. The van der Waals surface area contributed by atoms with Crippen LogP contribution < -0.4 is 5.32 Å². The zero-order valence-corrected chi connectivity index (χ0v) is 11.6. The van der Waals surface area contributed by atoms with Crippen LogP contribution in [0.15, 0.2) is 0 Å². The molecule has 2 N–H and O–H groups in total. The lowest BCUT2D eigenvalue weighted by atomic mass is 9.82. The molecule has 0 amide bonds. The summed E-state index contributed by atoms with van der Waals surface area (Å²) in [6.45, 7) is 7.29. The van der Waals surface area contributed by atoms with Crippen molar-refractivity contribution in [2.75, 3.05) is 19.6 Å². The number of nitrogens with one attached hydrogen (secondary N) is 1. The first-order chi connectivity index (χ1) is 8.58. The Bertz CT molecular complexity index is 298. The van der Waals surface area contributed by atoms with Gasteiger partial charge in [-0.15, -0.1) is 0 Å². The lowest BCUT2D eigenvalue weighted by molar-refractivity contribution is -0.140. The van der Waals surface area contributed by atoms with Crippen LogP contribution in [0.3, 0.4) is 0 Å². The summed E-state index contributed by atoms with van der Waals surface area (Å²) in [5.74, 6) is -0.701. The Morgan fingerprint density at radius 2 is 2.11 bits per heavy atom. The minimum absolute atomic E-state index is 0.387. The molecule has 1 aliphatic carbocycles. The van der Waals surface area contributed by atoms with Crippen molar-refractivity contribution in [1.82, 2.24) is 10.2 Å². The number of hydrogen-bond donors (Lipinski definition) is 2. The zero-order chi connectivity index (χ0) is 13.2. The van der Waals surface area contributed by atoms with Gasteiger partial charge in [0.2, 0.25) is 0 Å². The number of carboxylic acid groups (broad SMARTS) is 1. The van der Waals surface area contributed by atoms with E-state index in [4.69, 9.17) is 0 Å². The second-order valence-corrected chi connectivity index (χ2v) is 6.02. The van der Waals surface area contributed by atoms with Crippen molar-refractivity contribution < 1.29 is 9.90 Å². The van der Waals surface area contributed by atoms with Crippen LogP contribution in [-0.4, -0.2) is 47.7 Å². The second kappa shape index (κ2) is 5.57. The van der Waals surface area contributed by atoms with Crippen molar-refractivity contribution in [3.63, 3.8) is 0 Å². The van der Waals surface area contributed by atoms with Crippen molar-refractivity contribution in [1.29, 1.82) is 0 Å². The van der Waals surface area contributed by atoms with Crippen molar-refractivity contribution in [2.24, 2.45) is 5.41 Å². The van der Waals surface area contributed by atoms with Gasteiger partial charge in [-0.05, 0) is 44.1 Å². The molecule has 0 aromatic heterocycles. The lowest BCUT2D eigenvalue weighted by Gasteiger charge is -2.27. The first-order valence-corrected chi connectivity index (χ1v) is 7.30. The molecule has 0 bridgehead atoms. The van der Waals surface area contributed by atoms with Crippen molar-refractivity contribution in [3.8, 4) is 0 Å². The van der Waals surface area contributed by atoms with Gasteiger partial charge >= 0.3 is 5.97 Å². The van der Waals surface area contributed by atoms with Crippen molar-refractivity contribution >= 4 is 5.97 Å². The molecular weight excluding hydrogens is 228 g/mol. The van der Waals surface area contributed by atoms with E-state index in [9.17, 15) is 9.90 Å². The molecule has 1 atom stereocenters. The van der Waals surface area contributed by atoms with Crippen molar-refractivity contribution in [3.05, 3.63) is 0 Å². The van der Waals surface area contributed by atoms with Gasteiger partial charge in [0.1, 0.15) is 6.04 Å². The highest BCUT2D eigenvalue weighted by Crippen LogP contribution is 2.36. The highest BCUT2D eigenvalue weighted by atomic mass is 16.4. The van der Waals surface area contributed by atoms with Crippen LogP contribution in [0.1, 0.15) is 46.0 Å². The molecule has 0 aromatic rings. The van der Waals surface area contributed by atoms with Gasteiger partial charge in [0.25, 0.3) is 0 Å². The summed E-state index contributed by atoms with van der Waals surface area (Å²) in [5, 5.41) is 12.5. The SMILES string of the molecule is CCC1(CC)CCN(CC(NC2CC2)C(=O)O)C1. The highest BCUT2D eigenvalue weighted by molar-refractivity contribution is 5.73. The van der Waals surface area contributed by atoms with Crippen LogP contribution >= 0.6 is 0 Å². The van der Waals surface area contributed by atoms with E-state index < -0.39 is 5.97 Å². The number of likely N-dealkylation sites (tertiary alicyclic amines) is 1. The van der Waals surface area contributed by atoms with Gasteiger partial charge < -0.3 is 15.3 Å². The molecule has 2 rings (SSSR count). The Labute approximate surface area is 110 Å². The molecule has 0 spiro atoms. The summed E-state index contributed by atoms with van der Waals surface area (Å²) in [5.41, 5.74) is 0.433. The summed E-state index contributed by atoms with van der Waals surface area (Å²) in [7, 11) is 0. The van der Waals surface area contributed by atoms with E-state index in [-0.39, 0.29) is 6.04 Å². The molecule has 1 unspecified atom stereocenters. The molecule has 1 heterocycles. The van der Waals surface area contributed by atoms with E-state index in [0.717, 1.165) is 25.9 Å². The predicted octanol–water partition coefficient (Wildman–Crippen LogP) is 1.70. The van der Waals surface area contributed by atoms with Gasteiger partial charge in [-0.3, -0.25) is 4.79 Å². The average Bonchev–Trinajstić information content (AvgIpc) is 3.08. The highest BCUT2D eigenvalue weighted by Gasteiger charge is 2.37. The van der Waals surface area contributed by atoms with Gasteiger partial charge in [0.15, 0.2) is 0 Å². The molecule has 2 aliphatic rings. The fraction of sp³-hybridized carbons (Fsp3) is 0.929. The normalized spacial score (nSPS) is 25.2. The Balaban J connectivity index is 1.86. The first kappa shape index (κ1) is 13.8. The fourth-order valence-corrected chi connectivity index (χ4v) is 3.01. The summed E-state index contributed by atoms with van der Waals surface area (Å²) in [4.78, 5) is 13.6. The van der Waals surface area contributed by atoms with Crippen LogP contribution in [0.25, 0.3) is 0 Å². The maximum atomic E-state index is 11.3. The van der Waals surface area contributed by atoms with E-state index in [1.54, 1.807) is 0 Å². The van der Waals surface area contributed by atoms with Crippen LogP contribution in [0.5, 0.6) is 0 Å². The lowest BCUT2D eigenvalue weighted by Crippen LogP contribution is -2.46. The topological polar surface area (TPSA) is 52.6 Å². The second-order valence-electron chi connectivity index (χ2n) is 6.02. The number of carboxylic acids is 1. The third-order valence-electron chi connectivity index (χ3n) is 4.77. The van der Waals surface area contributed by atoms with Crippen LogP contribution in [0.4, 0.5) is 0 Å². The largest absolute Gasteiger partial charge is 0.480 e. The monoisotopic (exact) mass is 254 g/mol. The maximum absolute atomic E-state index is 11.3. The zero-order valence-electron chi connectivity index (χ0n) is 11.6. The Morgan fingerprint density at radius 1 is 1.44 bits per heavy atom. The van der Waals surface area contributed by atoms with E-state index in [1.165, 1.54) is 19.3 Å². The summed E-state index contributed by atoms with van der Waals surface area (Å²) in [6, 6.07) is 0.0674. The average molecular weight is 254 g/mol. The standard InChI is InChI=1S/C14H26N2O2/c1-3-14(4-2)7-8-16(10-14)9-12(13(17)18)15-11-5-6-11/h11-12,15H,3-10H2,1-2H3,(H,17,18). The van der Waals surface area contributed by atoms with E-state index in [2.05, 4.69) is 24.1 Å². The fourth-order valence-electron chi connectivity index (χ4n) is 3.01. The van der Waals surface area contributed by atoms with Crippen LogP contribution in [-0.2, 0) is 4.79 Å². The summed E-state index contributed by atoms with van der Waals surface area (Å²) >= 11 is 0. The first-order valence-electron chi connectivity index (χ1n) is 7.30. The minimum atomic E-state index is -0.701.